The summed E-state index contributed by atoms with van der Waals surface area (Å²) in [5.74, 6) is 0. The van der Waals surface area contributed by atoms with Crippen LogP contribution in [0.4, 0.5) is 0 Å². The fourth-order valence-electron chi connectivity index (χ4n) is 8.72. The van der Waals surface area contributed by atoms with Gasteiger partial charge in [0.15, 0.2) is 11.3 Å². The lowest BCUT2D eigenvalue weighted by atomic mass is 9.85. The summed E-state index contributed by atoms with van der Waals surface area (Å²) >= 11 is 0. The normalized spacial score (nSPS) is 12.2. The van der Waals surface area contributed by atoms with Crippen LogP contribution >= 0.6 is 0 Å². The van der Waals surface area contributed by atoms with E-state index in [1.807, 2.05) is 0 Å². The molecule has 0 atom stereocenters. The molecule has 0 aliphatic carbocycles. The van der Waals surface area contributed by atoms with E-state index in [9.17, 15) is 0 Å². The van der Waals surface area contributed by atoms with Gasteiger partial charge in [-0.25, -0.2) is 9.97 Å². The van der Waals surface area contributed by atoms with E-state index in [1.54, 1.807) is 0 Å². The molecule has 3 heterocycles. The average molecular weight is 661 g/mol. The molecule has 4 heteroatoms. The number of hydrogen-bond acceptors (Lipinski definition) is 2. The van der Waals surface area contributed by atoms with Gasteiger partial charge in [0.1, 0.15) is 0 Å². The summed E-state index contributed by atoms with van der Waals surface area (Å²) in [4.78, 5) is 10.6. The van der Waals surface area contributed by atoms with E-state index in [0.29, 0.717) is 0 Å². The molecule has 0 unspecified atom stereocenters. The smallest absolute Gasteiger partial charge is 0.182 e. The minimum Gasteiger partial charge on any atom is -0.288 e. The lowest BCUT2D eigenvalue weighted by molar-refractivity contribution is 1.21. The van der Waals surface area contributed by atoms with Gasteiger partial charge in [-0.2, -0.15) is 0 Å². The molecule has 0 radical (unpaired) electrons. The molecule has 9 aromatic carbocycles. The first-order valence-electron chi connectivity index (χ1n) is 17.8. The van der Waals surface area contributed by atoms with E-state index >= 15 is 0 Å². The van der Waals surface area contributed by atoms with Gasteiger partial charge < -0.3 is 0 Å². The zero-order valence-corrected chi connectivity index (χ0v) is 28.0. The van der Waals surface area contributed by atoms with Crippen molar-refractivity contribution in [2.45, 2.75) is 0 Å². The average Bonchev–Trinajstić information content (AvgIpc) is 3.78. The number of aromatic nitrogens is 4. The molecule has 0 aliphatic rings. The Hall–Kier alpha value is -7.04. The summed E-state index contributed by atoms with van der Waals surface area (Å²) in [5, 5.41) is 9.83. The van der Waals surface area contributed by atoms with Gasteiger partial charge in [0.2, 0.25) is 0 Å². The Morgan fingerprint density at radius 1 is 0.308 bits per heavy atom. The summed E-state index contributed by atoms with van der Waals surface area (Å²) in [5.41, 5.74) is 12.8. The highest BCUT2D eigenvalue weighted by molar-refractivity contribution is 6.22. The fraction of sp³-hybridized carbons (Fsp3) is 0. The second kappa shape index (κ2) is 10.3. The van der Waals surface area contributed by atoms with Gasteiger partial charge >= 0.3 is 0 Å². The maximum atomic E-state index is 5.39. The standard InChI is InChI=1S/C48H28N4/c1-2-12-30-25-33(22-21-29(30)11-1)45-35-15-5-7-17-37(35)46(38-18-8-6-16-36(38)45)34-23-24-42-40(26-34)50-48-47-49-39-19-9-10-20-41(39)51(47)43-27-31-13-3-4-14-32(31)28-44(43)52(42)48/h1-28H. The van der Waals surface area contributed by atoms with Crippen molar-refractivity contribution >= 4 is 87.5 Å². The summed E-state index contributed by atoms with van der Waals surface area (Å²) in [7, 11) is 0. The van der Waals surface area contributed by atoms with Crippen LogP contribution < -0.4 is 0 Å². The highest BCUT2D eigenvalue weighted by atomic mass is 15.1. The van der Waals surface area contributed by atoms with Crippen LogP contribution in [0, 0.1) is 0 Å². The van der Waals surface area contributed by atoms with Crippen LogP contribution in [-0.2, 0) is 0 Å². The monoisotopic (exact) mass is 660 g/mol. The lowest BCUT2D eigenvalue weighted by Gasteiger charge is -2.18. The van der Waals surface area contributed by atoms with Crippen LogP contribution in [0.2, 0.25) is 0 Å². The van der Waals surface area contributed by atoms with Gasteiger partial charge in [-0.15, -0.1) is 0 Å². The van der Waals surface area contributed by atoms with Crippen molar-refractivity contribution in [3.63, 3.8) is 0 Å². The summed E-state index contributed by atoms with van der Waals surface area (Å²) in [6, 6.07) is 61.5. The second-order valence-corrected chi connectivity index (χ2v) is 13.8. The Balaban J connectivity index is 1.17. The van der Waals surface area contributed by atoms with Gasteiger partial charge in [-0.1, -0.05) is 127 Å². The molecule has 0 saturated carbocycles. The van der Waals surface area contributed by atoms with Gasteiger partial charge in [-0.3, -0.25) is 8.80 Å². The number of benzene rings is 9. The van der Waals surface area contributed by atoms with Crippen molar-refractivity contribution in [1.29, 1.82) is 0 Å². The minimum absolute atomic E-state index is 0.854. The molecular formula is C48H28N4. The van der Waals surface area contributed by atoms with E-state index < -0.39 is 0 Å². The molecule has 0 fully saturated rings. The van der Waals surface area contributed by atoms with Gasteiger partial charge in [0.25, 0.3) is 0 Å². The molecule has 0 spiro atoms. The van der Waals surface area contributed by atoms with Gasteiger partial charge in [-0.05, 0) is 108 Å². The third-order valence-electron chi connectivity index (χ3n) is 11.0. The van der Waals surface area contributed by atoms with E-state index in [1.165, 1.54) is 59.8 Å². The zero-order chi connectivity index (χ0) is 33.9. The number of imidazole rings is 2. The Morgan fingerprint density at radius 3 is 1.37 bits per heavy atom. The fourth-order valence-corrected chi connectivity index (χ4v) is 8.72. The lowest BCUT2D eigenvalue weighted by Crippen LogP contribution is -1.97. The van der Waals surface area contributed by atoms with Crippen molar-refractivity contribution in [2.24, 2.45) is 0 Å². The topological polar surface area (TPSA) is 34.6 Å². The van der Waals surface area contributed by atoms with Crippen LogP contribution in [0.5, 0.6) is 0 Å². The molecule has 0 aliphatic heterocycles. The molecule has 0 saturated heterocycles. The summed E-state index contributed by atoms with van der Waals surface area (Å²) < 4.78 is 4.59. The number of para-hydroxylation sites is 2. The molecule has 0 amide bonds. The van der Waals surface area contributed by atoms with E-state index in [4.69, 9.17) is 9.97 Å². The first-order valence-corrected chi connectivity index (χ1v) is 17.8. The van der Waals surface area contributed by atoms with Crippen LogP contribution in [0.1, 0.15) is 0 Å². The highest BCUT2D eigenvalue weighted by Gasteiger charge is 2.21. The van der Waals surface area contributed by atoms with Crippen molar-refractivity contribution in [3.8, 4) is 22.3 Å². The highest BCUT2D eigenvalue weighted by Crippen LogP contribution is 2.45. The SMILES string of the molecule is c1ccc2cc(-c3c4ccccc4c(-c4ccc5c(c4)nc4c6nc7ccccc7n6c6cc7ccccc7cc6n54)c4ccccc34)ccc2c1. The molecule has 0 N–H and O–H groups in total. The Labute approximate surface area is 297 Å². The molecule has 52 heavy (non-hydrogen) atoms. The largest absolute Gasteiger partial charge is 0.288 e. The van der Waals surface area contributed by atoms with Crippen LogP contribution in [0.15, 0.2) is 170 Å². The second-order valence-electron chi connectivity index (χ2n) is 13.8. The molecule has 0 bridgehead atoms. The predicted octanol–water partition coefficient (Wildman–Crippen LogP) is 12.4. The molecule has 4 nitrogen and oxygen atoms in total. The predicted molar refractivity (Wildman–Crippen MR) is 217 cm³/mol. The Morgan fingerprint density at radius 2 is 0.750 bits per heavy atom. The summed E-state index contributed by atoms with van der Waals surface area (Å²) in [6.07, 6.45) is 0. The Kier molecular flexibility index (Phi) is 5.47. The number of nitrogens with zero attached hydrogens (tertiary/aromatic N) is 4. The van der Waals surface area contributed by atoms with Crippen molar-refractivity contribution in [3.05, 3.63) is 170 Å². The van der Waals surface area contributed by atoms with Gasteiger partial charge in [0.05, 0.1) is 33.1 Å². The van der Waals surface area contributed by atoms with E-state index in [2.05, 4.69) is 179 Å². The number of fused-ring (bicyclic) bond motifs is 14. The third kappa shape index (κ3) is 3.75. The maximum Gasteiger partial charge on any atom is 0.182 e. The number of hydrogen-bond donors (Lipinski definition) is 0. The molecule has 3 aromatic heterocycles. The molecule has 240 valence electrons. The maximum absolute atomic E-state index is 5.39. The minimum atomic E-state index is 0.854. The quantitative estimate of drug-likeness (QED) is 0.173. The van der Waals surface area contributed by atoms with Crippen LogP contribution in [0.3, 0.4) is 0 Å². The van der Waals surface area contributed by atoms with E-state index in [0.717, 1.165) is 50.0 Å². The van der Waals surface area contributed by atoms with Crippen LogP contribution in [0.25, 0.3) is 110 Å². The third-order valence-corrected chi connectivity index (χ3v) is 11.0. The molecular weight excluding hydrogens is 633 g/mol. The first-order chi connectivity index (χ1) is 25.8. The molecule has 12 rings (SSSR count). The first kappa shape index (κ1) is 27.7. The van der Waals surface area contributed by atoms with Crippen molar-refractivity contribution in [1.82, 2.24) is 18.8 Å². The Bertz CT molecular complexity index is 3420. The van der Waals surface area contributed by atoms with E-state index in [-0.39, 0.29) is 0 Å². The van der Waals surface area contributed by atoms with Crippen LogP contribution in [-0.4, -0.2) is 18.8 Å². The zero-order valence-electron chi connectivity index (χ0n) is 28.0. The summed E-state index contributed by atoms with van der Waals surface area (Å²) in [6.45, 7) is 0. The molecule has 12 aromatic rings. The van der Waals surface area contributed by atoms with Gasteiger partial charge in [0, 0.05) is 0 Å². The number of rotatable bonds is 2. The van der Waals surface area contributed by atoms with Crippen molar-refractivity contribution < 1.29 is 0 Å². The van der Waals surface area contributed by atoms with Crippen molar-refractivity contribution in [2.75, 3.05) is 0 Å².